The lowest BCUT2D eigenvalue weighted by Gasteiger charge is -1.95. The normalized spacial score (nSPS) is 10.2. The summed E-state index contributed by atoms with van der Waals surface area (Å²) >= 11 is 0. The smallest absolute Gasteiger partial charge is 0.122 e. The van der Waals surface area contributed by atoms with Crippen LogP contribution in [0, 0.1) is 0 Å². The minimum atomic E-state index is 0.239. The summed E-state index contributed by atoms with van der Waals surface area (Å²) in [6.07, 6.45) is 4.98. The number of hydrogen-bond donors (Lipinski definition) is 3. The number of nitrogens with two attached hydrogens (primary N) is 2. The van der Waals surface area contributed by atoms with Crippen LogP contribution in [0.1, 0.15) is 5.56 Å². The summed E-state index contributed by atoms with van der Waals surface area (Å²) in [7, 11) is 0. The molecule has 0 aliphatic heterocycles. The second-order valence-corrected chi connectivity index (χ2v) is 2.58. The van der Waals surface area contributed by atoms with Gasteiger partial charge in [-0.3, -0.25) is 0 Å². The van der Waals surface area contributed by atoms with Crippen LogP contribution in [0.15, 0.2) is 42.2 Å². The number of para-hydroxylation sites is 1. The van der Waals surface area contributed by atoms with Crippen molar-refractivity contribution in [2.45, 2.75) is 0 Å². The van der Waals surface area contributed by atoms with Gasteiger partial charge in [0, 0.05) is 5.56 Å². The first kappa shape index (κ1) is 9.19. The van der Waals surface area contributed by atoms with Crippen LogP contribution < -0.4 is 11.5 Å². The first-order chi connectivity index (χ1) is 6.20. The summed E-state index contributed by atoms with van der Waals surface area (Å²) in [4.78, 5) is 0. The number of phenols is 1. The van der Waals surface area contributed by atoms with Gasteiger partial charge in [0.25, 0.3) is 0 Å². The molecule has 0 aromatic heterocycles. The van der Waals surface area contributed by atoms with Crippen molar-refractivity contribution in [3.05, 3.63) is 47.8 Å². The molecule has 0 aliphatic carbocycles. The Morgan fingerprint density at radius 3 is 2.54 bits per heavy atom. The number of phenolic OH excluding ortho intramolecular Hbond substituents is 1. The molecule has 0 atom stereocenters. The molecule has 0 saturated carbocycles. The average Bonchev–Trinajstić information content (AvgIpc) is 2.08. The molecule has 0 fully saturated rings. The molecule has 0 amide bonds. The Hall–Kier alpha value is -1.90. The van der Waals surface area contributed by atoms with Crippen molar-refractivity contribution in [1.82, 2.24) is 0 Å². The number of allylic oxidation sites excluding steroid dienone is 2. The van der Waals surface area contributed by atoms with Gasteiger partial charge in [0.15, 0.2) is 0 Å². The fourth-order valence-electron chi connectivity index (χ4n) is 0.891. The van der Waals surface area contributed by atoms with E-state index in [1.807, 2.05) is 6.07 Å². The minimum Gasteiger partial charge on any atom is -0.507 e. The number of rotatable bonds is 2. The van der Waals surface area contributed by atoms with Crippen LogP contribution in [0.2, 0.25) is 0 Å². The SMILES string of the molecule is NC(N)=CC=Cc1ccccc1O. The summed E-state index contributed by atoms with van der Waals surface area (Å²) in [6.45, 7) is 0. The van der Waals surface area contributed by atoms with Crippen LogP contribution in [-0.2, 0) is 0 Å². The molecule has 3 nitrogen and oxygen atoms in total. The van der Waals surface area contributed by atoms with Gasteiger partial charge in [0.2, 0.25) is 0 Å². The molecule has 13 heavy (non-hydrogen) atoms. The van der Waals surface area contributed by atoms with E-state index in [1.165, 1.54) is 0 Å². The highest BCUT2D eigenvalue weighted by Crippen LogP contribution is 2.16. The first-order valence-corrected chi connectivity index (χ1v) is 3.87. The lowest BCUT2D eigenvalue weighted by Crippen LogP contribution is -2.06. The van der Waals surface area contributed by atoms with Gasteiger partial charge < -0.3 is 16.6 Å². The summed E-state index contributed by atoms with van der Waals surface area (Å²) in [6, 6.07) is 7.02. The summed E-state index contributed by atoms with van der Waals surface area (Å²) in [5.74, 6) is 0.481. The van der Waals surface area contributed by atoms with E-state index in [0.29, 0.717) is 0 Å². The number of hydrogen-bond acceptors (Lipinski definition) is 3. The van der Waals surface area contributed by atoms with Crippen LogP contribution in [0.3, 0.4) is 0 Å². The van der Waals surface area contributed by atoms with Crippen LogP contribution >= 0.6 is 0 Å². The molecule has 5 N–H and O–H groups in total. The van der Waals surface area contributed by atoms with Crippen molar-refractivity contribution in [3.8, 4) is 5.75 Å². The van der Waals surface area contributed by atoms with E-state index in [2.05, 4.69) is 0 Å². The van der Waals surface area contributed by atoms with Gasteiger partial charge in [0.05, 0.1) is 5.82 Å². The zero-order valence-electron chi connectivity index (χ0n) is 7.14. The standard InChI is InChI=1S/C10H12N2O/c11-10(12)7-3-5-8-4-1-2-6-9(8)13/h1-7,13H,11-12H2. The van der Waals surface area contributed by atoms with E-state index in [-0.39, 0.29) is 11.6 Å². The maximum atomic E-state index is 9.34. The van der Waals surface area contributed by atoms with Crippen molar-refractivity contribution in [3.63, 3.8) is 0 Å². The second-order valence-electron chi connectivity index (χ2n) is 2.58. The Morgan fingerprint density at radius 2 is 1.92 bits per heavy atom. The third-order valence-corrected chi connectivity index (χ3v) is 1.50. The third-order valence-electron chi connectivity index (χ3n) is 1.50. The molecule has 0 aliphatic rings. The molecule has 1 aromatic carbocycles. The van der Waals surface area contributed by atoms with Gasteiger partial charge in [0.1, 0.15) is 5.75 Å². The van der Waals surface area contributed by atoms with Crippen LogP contribution in [0.5, 0.6) is 5.75 Å². The molecule has 0 radical (unpaired) electrons. The summed E-state index contributed by atoms with van der Waals surface area (Å²) in [5.41, 5.74) is 11.2. The highest BCUT2D eigenvalue weighted by atomic mass is 16.3. The summed E-state index contributed by atoms with van der Waals surface area (Å²) in [5, 5.41) is 9.34. The summed E-state index contributed by atoms with van der Waals surface area (Å²) < 4.78 is 0. The third kappa shape index (κ3) is 2.91. The molecule has 0 spiro atoms. The molecular weight excluding hydrogens is 164 g/mol. The van der Waals surface area contributed by atoms with Crippen LogP contribution in [-0.4, -0.2) is 5.11 Å². The monoisotopic (exact) mass is 176 g/mol. The van der Waals surface area contributed by atoms with Gasteiger partial charge in [-0.25, -0.2) is 0 Å². The van der Waals surface area contributed by atoms with E-state index in [9.17, 15) is 5.11 Å². The van der Waals surface area contributed by atoms with Crippen molar-refractivity contribution in [2.24, 2.45) is 11.5 Å². The number of aromatic hydroxyl groups is 1. The highest BCUT2D eigenvalue weighted by Gasteiger charge is 1.91. The maximum absolute atomic E-state index is 9.34. The zero-order valence-corrected chi connectivity index (χ0v) is 7.14. The van der Waals surface area contributed by atoms with Gasteiger partial charge in [-0.15, -0.1) is 0 Å². The Morgan fingerprint density at radius 1 is 1.23 bits per heavy atom. The van der Waals surface area contributed by atoms with Gasteiger partial charge >= 0.3 is 0 Å². The Labute approximate surface area is 77.0 Å². The molecule has 0 saturated heterocycles. The highest BCUT2D eigenvalue weighted by molar-refractivity contribution is 5.57. The molecule has 68 valence electrons. The predicted octanol–water partition coefficient (Wildman–Crippen LogP) is 1.16. The molecule has 1 aromatic rings. The lowest BCUT2D eigenvalue weighted by atomic mass is 10.2. The molecule has 0 unspecified atom stereocenters. The largest absolute Gasteiger partial charge is 0.507 e. The number of benzene rings is 1. The fraction of sp³-hybridized carbons (Fsp3) is 0. The first-order valence-electron chi connectivity index (χ1n) is 3.87. The van der Waals surface area contributed by atoms with Gasteiger partial charge in [-0.05, 0) is 12.1 Å². The fourth-order valence-corrected chi connectivity index (χ4v) is 0.891. The van der Waals surface area contributed by atoms with Crippen LogP contribution in [0.25, 0.3) is 6.08 Å². The maximum Gasteiger partial charge on any atom is 0.122 e. The lowest BCUT2D eigenvalue weighted by molar-refractivity contribution is 0.474. The van der Waals surface area contributed by atoms with Crippen molar-refractivity contribution in [1.29, 1.82) is 0 Å². The van der Waals surface area contributed by atoms with Gasteiger partial charge in [-0.1, -0.05) is 30.4 Å². The topological polar surface area (TPSA) is 72.3 Å². The zero-order chi connectivity index (χ0) is 9.68. The minimum absolute atomic E-state index is 0.239. The van der Waals surface area contributed by atoms with Gasteiger partial charge in [-0.2, -0.15) is 0 Å². The molecule has 0 heterocycles. The average molecular weight is 176 g/mol. The van der Waals surface area contributed by atoms with E-state index >= 15 is 0 Å². The molecule has 1 rings (SSSR count). The Bertz CT molecular complexity index is 339. The van der Waals surface area contributed by atoms with E-state index in [4.69, 9.17) is 11.5 Å². The van der Waals surface area contributed by atoms with Crippen molar-refractivity contribution in [2.75, 3.05) is 0 Å². The van der Waals surface area contributed by atoms with Crippen molar-refractivity contribution >= 4 is 6.08 Å². The Balaban J connectivity index is 2.80. The Kier molecular flexibility index (Phi) is 2.97. The van der Waals surface area contributed by atoms with E-state index < -0.39 is 0 Å². The molecule has 3 heteroatoms. The second kappa shape index (κ2) is 4.21. The van der Waals surface area contributed by atoms with Crippen LogP contribution in [0.4, 0.5) is 0 Å². The quantitative estimate of drug-likeness (QED) is 0.592. The predicted molar refractivity (Wildman–Crippen MR) is 53.6 cm³/mol. The van der Waals surface area contributed by atoms with Crippen molar-refractivity contribution < 1.29 is 5.11 Å². The molecule has 0 bridgehead atoms. The van der Waals surface area contributed by atoms with E-state index in [0.717, 1.165) is 5.56 Å². The molecular formula is C10H12N2O. The van der Waals surface area contributed by atoms with E-state index in [1.54, 1.807) is 36.4 Å².